The van der Waals surface area contributed by atoms with Crippen molar-refractivity contribution in [3.8, 4) is 16.3 Å². The second-order valence-electron chi connectivity index (χ2n) is 9.08. The van der Waals surface area contributed by atoms with Gasteiger partial charge in [-0.1, -0.05) is 36.4 Å². The van der Waals surface area contributed by atoms with E-state index in [1.807, 2.05) is 58.7 Å². The van der Waals surface area contributed by atoms with E-state index in [1.54, 1.807) is 17.6 Å². The van der Waals surface area contributed by atoms with Crippen molar-refractivity contribution >= 4 is 29.4 Å². The number of hydrogen-bond donors (Lipinski definition) is 0. The molecule has 32 heavy (non-hydrogen) atoms. The maximum Gasteiger partial charge on any atom is 0.254 e. The van der Waals surface area contributed by atoms with E-state index in [-0.39, 0.29) is 35.5 Å². The molecule has 6 nitrogen and oxygen atoms in total. The number of nitrogens with zero attached hydrogens (tertiary/aromatic N) is 4. The van der Waals surface area contributed by atoms with E-state index >= 15 is 0 Å². The Labute approximate surface area is 188 Å². The molecule has 3 aromatic rings. The van der Waals surface area contributed by atoms with Crippen LogP contribution in [0.1, 0.15) is 12.0 Å². The standard InChI is InChI=1S/C25H20N4O2S/c30-24-21-16-8-9-17(19-11-18(16)19)22(21)25(31)29(24)26-12-14-13-28(15-5-2-1-3-6-15)27-23(14)20-7-4-10-32-20/h1-10,12-13,16-19,21-22H,11H2/b26-12-/t16-,17-,18-,19-,21-,22+/m0/s1. The third-order valence-corrected chi connectivity index (χ3v) is 8.35. The number of imide groups is 1. The predicted octanol–water partition coefficient (Wildman–Crippen LogP) is 3.99. The van der Waals surface area contributed by atoms with E-state index < -0.39 is 0 Å². The first-order valence-corrected chi connectivity index (χ1v) is 11.9. The van der Waals surface area contributed by atoms with Crippen molar-refractivity contribution in [2.45, 2.75) is 6.42 Å². The molecule has 1 aromatic carbocycles. The number of hydrazone groups is 1. The van der Waals surface area contributed by atoms with Crippen LogP contribution in [0.25, 0.3) is 16.3 Å². The Balaban J connectivity index is 1.24. The Hall–Kier alpha value is -3.32. The maximum absolute atomic E-state index is 13.2. The third kappa shape index (κ3) is 2.51. The van der Waals surface area contributed by atoms with Gasteiger partial charge in [0.2, 0.25) is 0 Å². The summed E-state index contributed by atoms with van der Waals surface area (Å²) in [6.07, 6.45) is 9.02. The molecule has 2 bridgehead atoms. The summed E-state index contributed by atoms with van der Waals surface area (Å²) < 4.78 is 1.81. The van der Waals surface area contributed by atoms with E-state index in [9.17, 15) is 9.59 Å². The van der Waals surface area contributed by atoms with Gasteiger partial charge < -0.3 is 0 Å². The van der Waals surface area contributed by atoms with Gasteiger partial charge in [0.15, 0.2) is 0 Å². The van der Waals surface area contributed by atoms with Gasteiger partial charge in [-0.05, 0) is 53.7 Å². The number of benzene rings is 1. The van der Waals surface area contributed by atoms with Gasteiger partial charge in [0.25, 0.3) is 11.8 Å². The van der Waals surface area contributed by atoms with Crippen LogP contribution in [0, 0.1) is 35.5 Å². The van der Waals surface area contributed by atoms with Crippen molar-refractivity contribution in [1.29, 1.82) is 0 Å². The summed E-state index contributed by atoms with van der Waals surface area (Å²) in [6.45, 7) is 0. The molecule has 4 aliphatic carbocycles. The molecule has 0 unspecified atom stereocenters. The Morgan fingerprint density at radius 3 is 2.34 bits per heavy atom. The number of para-hydroxylation sites is 1. The molecule has 0 spiro atoms. The van der Waals surface area contributed by atoms with Crippen LogP contribution in [0.3, 0.4) is 0 Å². The lowest BCUT2D eigenvalue weighted by atomic mass is 9.63. The summed E-state index contributed by atoms with van der Waals surface area (Å²) in [7, 11) is 0. The number of hydrogen-bond acceptors (Lipinski definition) is 5. The van der Waals surface area contributed by atoms with Crippen LogP contribution < -0.4 is 0 Å². The zero-order chi connectivity index (χ0) is 21.4. The molecule has 5 aliphatic rings. The van der Waals surface area contributed by atoms with Crippen molar-refractivity contribution in [3.05, 3.63) is 71.8 Å². The Kier molecular flexibility index (Phi) is 3.76. The summed E-state index contributed by atoms with van der Waals surface area (Å²) in [5.74, 6) is 0.818. The molecule has 8 rings (SSSR count). The highest BCUT2D eigenvalue weighted by molar-refractivity contribution is 7.13. The minimum absolute atomic E-state index is 0.144. The van der Waals surface area contributed by atoms with Gasteiger partial charge >= 0.3 is 0 Å². The average molecular weight is 441 g/mol. The van der Waals surface area contributed by atoms with Gasteiger partial charge in [0.1, 0.15) is 5.69 Å². The molecule has 0 radical (unpaired) electrons. The Morgan fingerprint density at radius 1 is 0.969 bits per heavy atom. The highest BCUT2D eigenvalue weighted by atomic mass is 32.1. The van der Waals surface area contributed by atoms with Crippen molar-refractivity contribution in [1.82, 2.24) is 14.8 Å². The van der Waals surface area contributed by atoms with E-state index in [0.717, 1.165) is 33.3 Å². The number of amides is 2. The fraction of sp³-hybridized carbons (Fsp3) is 0.280. The van der Waals surface area contributed by atoms with E-state index in [4.69, 9.17) is 5.10 Å². The van der Waals surface area contributed by atoms with Crippen molar-refractivity contribution in [3.63, 3.8) is 0 Å². The fourth-order valence-electron chi connectivity index (χ4n) is 5.97. The zero-order valence-corrected chi connectivity index (χ0v) is 17.9. The first kappa shape index (κ1) is 18.3. The fourth-order valence-corrected chi connectivity index (χ4v) is 6.71. The lowest BCUT2D eigenvalue weighted by molar-refractivity contribution is -0.140. The predicted molar refractivity (Wildman–Crippen MR) is 121 cm³/mol. The molecule has 0 N–H and O–H groups in total. The highest BCUT2D eigenvalue weighted by Crippen LogP contribution is 2.65. The molecule has 2 saturated carbocycles. The van der Waals surface area contributed by atoms with E-state index in [1.165, 1.54) is 0 Å². The van der Waals surface area contributed by atoms with Crippen LogP contribution in [0.2, 0.25) is 0 Å². The Morgan fingerprint density at radius 2 is 1.69 bits per heavy atom. The topological polar surface area (TPSA) is 67.6 Å². The summed E-state index contributed by atoms with van der Waals surface area (Å²) >= 11 is 1.59. The lowest BCUT2D eigenvalue weighted by Crippen LogP contribution is -2.40. The second-order valence-corrected chi connectivity index (χ2v) is 10.0. The van der Waals surface area contributed by atoms with Crippen LogP contribution in [0.15, 0.2) is 71.3 Å². The van der Waals surface area contributed by atoms with Crippen LogP contribution in [-0.4, -0.2) is 32.8 Å². The molecule has 1 saturated heterocycles. The number of aromatic nitrogens is 2. The van der Waals surface area contributed by atoms with Crippen LogP contribution in [0.5, 0.6) is 0 Å². The smallest absolute Gasteiger partial charge is 0.254 e. The first-order chi connectivity index (χ1) is 15.7. The largest absolute Gasteiger partial charge is 0.272 e. The van der Waals surface area contributed by atoms with E-state index in [0.29, 0.717) is 11.8 Å². The lowest BCUT2D eigenvalue weighted by Gasteiger charge is -2.37. The third-order valence-electron chi connectivity index (χ3n) is 7.47. The summed E-state index contributed by atoms with van der Waals surface area (Å²) in [4.78, 5) is 27.4. The monoisotopic (exact) mass is 440 g/mol. The van der Waals surface area contributed by atoms with Gasteiger partial charge in [-0.2, -0.15) is 15.2 Å². The van der Waals surface area contributed by atoms with Crippen LogP contribution in [0.4, 0.5) is 0 Å². The molecular weight excluding hydrogens is 420 g/mol. The molecule has 3 fully saturated rings. The normalized spacial score (nSPS) is 32.1. The number of thiophene rings is 1. The summed E-state index contributed by atoms with van der Waals surface area (Å²) in [5.41, 5.74) is 2.49. The van der Waals surface area contributed by atoms with E-state index in [2.05, 4.69) is 17.3 Å². The summed E-state index contributed by atoms with van der Waals surface area (Å²) in [5, 5.41) is 12.3. The molecule has 6 atom stereocenters. The van der Waals surface area contributed by atoms with Crippen molar-refractivity contribution in [2.24, 2.45) is 40.6 Å². The van der Waals surface area contributed by atoms with Gasteiger partial charge in [-0.15, -0.1) is 11.3 Å². The quantitative estimate of drug-likeness (QED) is 0.350. The van der Waals surface area contributed by atoms with Gasteiger partial charge in [-0.3, -0.25) is 9.59 Å². The molecule has 2 amide bonds. The van der Waals surface area contributed by atoms with Gasteiger partial charge in [0.05, 0.1) is 28.6 Å². The molecule has 158 valence electrons. The minimum Gasteiger partial charge on any atom is -0.272 e. The second kappa shape index (κ2) is 6.59. The number of carbonyl (C=O) groups is 2. The van der Waals surface area contributed by atoms with Crippen molar-refractivity contribution in [2.75, 3.05) is 0 Å². The molecule has 1 aliphatic heterocycles. The SMILES string of the molecule is O=C1[C@@H]2[C@H]3C=C[C@@H]([C@@H]4C[C@@H]34)[C@@H]2C(=O)N1/N=C\c1cn(-c2ccccc2)nc1-c1cccs1. The molecular formula is C25H20N4O2S. The van der Waals surface area contributed by atoms with Crippen molar-refractivity contribution < 1.29 is 9.59 Å². The van der Waals surface area contributed by atoms with Crippen LogP contribution in [-0.2, 0) is 9.59 Å². The maximum atomic E-state index is 13.2. The highest BCUT2D eigenvalue weighted by Gasteiger charge is 2.67. The number of allylic oxidation sites excluding steroid dienone is 2. The molecule has 7 heteroatoms. The average Bonchev–Trinajstić information content (AvgIpc) is 3.16. The van der Waals surface area contributed by atoms with Gasteiger partial charge in [0, 0.05) is 11.8 Å². The molecule has 2 aromatic heterocycles. The first-order valence-electron chi connectivity index (χ1n) is 11.0. The number of carbonyl (C=O) groups excluding carboxylic acids is 2. The zero-order valence-electron chi connectivity index (χ0n) is 17.1. The Bertz CT molecular complexity index is 1260. The number of rotatable bonds is 4. The van der Waals surface area contributed by atoms with Crippen LogP contribution >= 0.6 is 11.3 Å². The summed E-state index contributed by atoms with van der Waals surface area (Å²) in [6, 6.07) is 13.9. The molecule has 3 heterocycles. The van der Waals surface area contributed by atoms with Gasteiger partial charge in [-0.25, -0.2) is 4.68 Å². The minimum atomic E-state index is -0.234.